The molecule has 0 unspecified atom stereocenters. The van der Waals surface area contributed by atoms with Crippen LogP contribution in [0, 0.1) is 11.3 Å². The van der Waals surface area contributed by atoms with Gasteiger partial charge in [-0.1, -0.05) is 0 Å². The van der Waals surface area contributed by atoms with Gasteiger partial charge in [-0.25, -0.2) is 4.79 Å². The highest BCUT2D eigenvalue weighted by Gasteiger charge is 2.33. The highest BCUT2D eigenvalue weighted by Crippen LogP contribution is 2.26. The van der Waals surface area contributed by atoms with Crippen molar-refractivity contribution >= 4 is 12.0 Å². The molecule has 2 amide bonds. The van der Waals surface area contributed by atoms with Crippen molar-refractivity contribution in [3.63, 3.8) is 0 Å². The first kappa shape index (κ1) is 12.3. The minimum Gasteiger partial charge on any atom is -0.480 e. The monoisotopic (exact) mass is 225 g/mol. The Morgan fingerprint density at radius 1 is 1.62 bits per heavy atom. The molecule has 0 saturated heterocycles. The van der Waals surface area contributed by atoms with Crippen LogP contribution in [0.3, 0.4) is 0 Å². The molecule has 6 heteroatoms. The van der Waals surface area contributed by atoms with Gasteiger partial charge in [0.15, 0.2) is 0 Å². The summed E-state index contributed by atoms with van der Waals surface area (Å²) in [5.74, 6) is -1.07. The van der Waals surface area contributed by atoms with E-state index in [1.165, 1.54) is 6.92 Å². The number of aliphatic carboxylic acids is 1. The zero-order chi connectivity index (χ0) is 12.1. The molecule has 0 aromatic carbocycles. The highest BCUT2D eigenvalue weighted by molar-refractivity contribution is 5.82. The lowest BCUT2D eigenvalue weighted by Crippen LogP contribution is -2.47. The minimum absolute atomic E-state index is 0.175. The van der Waals surface area contributed by atoms with E-state index in [1.807, 2.05) is 6.07 Å². The van der Waals surface area contributed by atoms with Crippen LogP contribution in [0.5, 0.6) is 0 Å². The second-order valence-electron chi connectivity index (χ2n) is 3.84. The van der Waals surface area contributed by atoms with Crippen LogP contribution in [-0.4, -0.2) is 40.6 Å². The van der Waals surface area contributed by atoms with Crippen LogP contribution < -0.4 is 5.32 Å². The fourth-order valence-corrected chi connectivity index (χ4v) is 1.34. The summed E-state index contributed by atoms with van der Waals surface area (Å²) in [7, 11) is 0. The van der Waals surface area contributed by atoms with E-state index in [1.54, 1.807) is 4.90 Å². The molecule has 1 saturated carbocycles. The van der Waals surface area contributed by atoms with Gasteiger partial charge in [-0.15, -0.1) is 0 Å². The summed E-state index contributed by atoms with van der Waals surface area (Å²) < 4.78 is 0. The number of amides is 2. The van der Waals surface area contributed by atoms with Crippen molar-refractivity contribution in [1.29, 1.82) is 5.26 Å². The first-order valence-electron chi connectivity index (χ1n) is 5.23. The quantitative estimate of drug-likeness (QED) is 0.714. The van der Waals surface area contributed by atoms with Gasteiger partial charge in [0.25, 0.3) is 0 Å². The summed E-state index contributed by atoms with van der Waals surface area (Å²) in [6.07, 6.45) is 2.13. The summed E-state index contributed by atoms with van der Waals surface area (Å²) in [6.45, 7) is 1.77. The SMILES string of the molecule is C[C@@H](NC(=O)N(CCC#N)C1CC1)C(=O)O. The van der Waals surface area contributed by atoms with Gasteiger partial charge < -0.3 is 15.3 Å². The molecule has 1 rings (SSSR count). The third-order valence-electron chi connectivity index (χ3n) is 2.42. The molecule has 0 aromatic heterocycles. The molecule has 0 spiro atoms. The zero-order valence-electron chi connectivity index (χ0n) is 9.14. The van der Waals surface area contributed by atoms with E-state index in [0.717, 1.165) is 12.8 Å². The summed E-state index contributed by atoms with van der Waals surface area (Å²) in [4.78, 5) is 23.8. The number of carbonyl (C=O) groups excluding carboxylic acids is 1. The molecule has 6 nitrogen and oxygen atoms in total. The lowest BCUT2D eigenvalue weighted by molar-refractivity contribution is -0.138. The maximum atomic E-state index is 11.7. The molecule has 2 N–H and O–H groups in total. The number of rotatable bonds is 5. The predicted octanol–water partition coefficient (Wildman–Crippen LogP) is 0.547. The Bertz CT molecular complexity index is 320. The van der Waals surface area contributed by atoms with E-state index in [2.05, 4.69) is 5.32 Å². The molecule has 1 fully saturated rings. The number of nitriles is 1. The van der Waals surface area contributed by atoms with Crippen molar-refractivity contribution in [3.8, 4) is 6.07 Å². The fraction of sp³-hybridized carbons (Fsp3) is 0.700. The van der Waals surface area contributed by atoms with Gasteiger partial charge in [-0.3, -0.25) is 4.79 Å². The Balaban J connectivity index is 2.47. The minimum atomic E-state index is -1.07. The van der Waals surface area contributed by atoms with Crippen molar-refractivity contribution in [3.05, 3.63) is 0 Å². The first-order valence-corrected chi connectivity index (χ1v) is 5.23. The summed E-state index contributed by atoms with van der Waals surface area (Å²) in [5, 5.41) is 19.5. The van der Waals surface area contributed by atoms with Gasteiger partial charge in [0.2, 0.25) is 0 Å². The second-order valence-corrected chi connectivity index (χ2v) is 3.84. The summed E-state index contributed by atoms with van der Waals surface area (Å²) >= 11 is 0. The molecule has 1 aliphatic carbocycles. The van der Waals surface area contributed by atoms with Crippen LogP contribution in [0.25, 0.3) is 0 Å². The van der Waals surface area contributed by atoms with Gasteiger partial charge in [-0.05, 0) is 19.8 Å². The number of urea groups is 1. The highest BCUT2D eigenvalue weighted by atomic mass is 16.4. The van der Waals surface area contributed by atoms with Crippen molar-refractivity contribution < 1.29 is 14.7 Å². The van der Waals surface area contributed by atoms with Crippen LogP contribution in [0.2, 0.25) is 0 Å². The summed E-state index contributed by atoms with van der Waals surface area (Å²) in [5.41, 5.74) is 0. The van der Waals surface area contributed by atoms with Gasteiger partial charge >= 0.3 is 12.0 Å². The normalized spacial score (nSPS) is 16.0. The maximum absolute atomic E-state index is 11.7. The van der Waals surface area contributed by atoms with E-state index in [9.17, 15) is 9.59 Å². The number of carbonyl (C=O) groups is 2. The Morgan fingerprint density at radius 2 is 2.25 bits per heavy atom. The number of carboxylic acid groups (broad SMARTS) is 1. The molecule has 88 valence electrons. The molecular weight excluding hydrogens is 210 g/mol. The van der Waals surface area contributed by atoms with E-state index < -0.39 is 18.0 Å². The smallest absolute Gasteiger partial charge is 0.325 e. The Labute approximate surface area is 93.8 Å². The van der Waals surface area contributed by atoms with Crippen LogP contribution in [0.1, 0.15) is 26.2 Å². The number of hydrogen-bond acceptors (Lipinski definition) is 3. The number of carboxylic acids is 1. The maximum Gasteiger partial charge on any atom is 0.325 e. The molecule has 0 aliphatic heterocycles. The molecule has 0 radical (unpaired) electrons. The zero-order valence-corrected chi connectivity index (χ0v) is 9.14. The predicted molar refractivity (Wildman–Crippen MR) is 55.6 cm³/mol. The third-order valence-corrected chi connectivity index (χ3v) is 2.42. The molecule has 1 aliphatic rings. The lowest BCUT2D eigenvalue weighted by atomic mass is 10.3. The Kier molecular flexibility index (Phi) is 4.11. The van der Waals surface area contributed by atoms with Crippen molar-refractivity contribution in [2.45, 2.75) is 38.3 Å². The van der Waals surface area contributed by atoms with Crippen LogP contribution >= 0.6 is 0 Å². The van der Waals surface area contributed by atoms with E-state index in [0.29, 0.717) is 6.54 Å². The molecule has 0 heterocycles. The number of nitrogens with one attached hydrogen (secondary N) is 1. The number of hydrogen-bond donors (Lipinski definition) is 2. The molecule has 0 aromatic rings. The molecular formula is C10H15N3O3. The second kappa shape index (κ2) is 5.35. The average Bonchev–Trinajstić information content (AvgIpc) is 3.02. The average molecular weight is 225 g/mol. The van der Waals surface area contributed by atoms with Crippen LogP contribution in [0.4, 0.5) is 4.79 Å². The topological polar surface area (TPSA) is 93.4 Å². The van der Waals surface area contributed by atoms with Crippen molar-refractivity contribution in [2.75, 3.05) is 6.54 Å². The van der Waals surface area contributed by atoms with E-state index in [-0.39, 0.29) is 12.5 Å². The van der Waals surface area contributed by atoms with Gasteiger partial charge in [-0.2, -0.15) is 5.26 Å². The Morgan fingerprint density at radius 3 is 2.69 bits per heavy atom. The standard InChI is InChI=1S/C10H15N3O3/c1-7(9(14)15)12-10(16)13(6-2-5-11)8-3-4-8/h7-8H,2-4,6H2,1H3,(H,12,16)(H,14,15)/t7-/m1/s1. The van der Waals surface area contributed by atoms with Crippen LogP contribution in [-0.2, 0) is 4.79 Å². The van der Waals surface area contributed by atoms with Crippen molar-refractivity contribution in [1.82, 2.24) is 10.2 Å². The van der Waals surface area contributed by atoms with Gasteiger partial charge in [0.05, 0.1) is 12.5 Å². The third kappa shape index (κ3) is 3.42. The molecule has 0 bridgehead atoms. The fourth-order valence-electron chi connectivity index (χ4n) is 1.34. The van der Waals surface area contributed by atoms with E-state index in [4.69, 9.17) is 10.4 Å². The lowest BCUT2D eigenvalue weighted by Gasteiger charge is -2.22. The van der Waals surface area contributed by atoms with Crippen molar-refractivity contribution in [2.24, 2.45) is 0 Å². The largest absolute Gasteiger partial charge is 0.480 e. The number of nitrogens with zero attached hydrogens (tertiary/aromatic N) is 2. The van der Waals surface area contributed by atoms with Gasteiger partial charge in [0.1, 0.15) is 6.04 Å². The first-order chi connectivity index (χ1) is 7.56. The molecule has 16 heavy (non-hydrogen) atoms. The summed E-state index contributed by atoms with van der Waals surface area (Å²) in [6, 6.07) is 0.847. The van der Waals surface area contributed by atoms with Crippen LogP contribution in [0.15, 0.2) is 0 Å². The Hall–Kier alpha value is -1.77. The van der Waals surface area contributed by atoms with E-state index >= 15 is 0 Å². The van der Waals surface area contributed by atoms with Gasteiger partial charge in [0, 0.05) is 12.6 Å². The molecule has 1 atom stereocenters.